The number of hydrogen-bond donors (Lipinski definition) is 1. The number of halogens is 1. The second-order valence-corrected chi connectivity index (χ2v) is 5.24. The van der Waals surface area contributed by atoms with Gasteiger partial charge in [-0.1, -0.05) is 12.1 Å². The van der Waals surface area contributed by atoms with Gasteiger partial charge in [0.15, 0.2) is 11.5 Å². The lowest BCUT2D eigenvalue weighted by Crippen LogP contribution is -2.24. The van der Waals surface area contributed by atoms with Crippen LogP contribution in [0.15, 0.2) is 36.4 Å². The highest BCUT2D eigenvalue weighted by Crippen LogP contribution is 2.42. The molecule has 0 saturated heterocycles. The molecule has 0 amide bonds. The van der Waals surface area contributed by atoms with Crippen LogP contribution in [0.25, 0.3) is 0 Å². The van der Waals surface area contributed by atoms with Crippen molar-refractivity contribution in [1.29, 1.82) is 0 Å². The molecule has 0 aromatic heterocycles. The highest BCUT2D eigenvalue weighted by atomic mass is 19.1. The van der Waals surface area contributed by atoms with Crippen LogP contribution in [0.3, 0.4) is 0 Å². The SMILES string of the molecule is N[C@H]1CC(c2ccc3c(c2)OCO3)Oc2cc(F)ccc21. The molecule has 2 N–H and O–H groups in total. The summed E-state index contributed by atoms with van der Waals surface area (Å²) in [5.74, 6) is 1.61. The molecule has 2 aromatic carbocycles. The molecule has 4 rings (SSSR count). The normalized spacial score (nSPS) is 22.6. The van der Waals surface area contributed by atoms with Gasteiger partial charge in [0.25, 0.3) is 0 Å². The van der Waals surface area contributed by atoms with Crippen molar-refractivity contribution < 1.29 is 18.6 Å². The minimum atomic E-state index is -0.327. The summed E-state index contributed by atoms with van der Waals surface area (Å²) < 4.78 is 30.0. The Hall–Kier alpha value is -2.27. The van der Waals surface area contributed by atoms with Crippen LogP contribution in [0.5, 0.6) is 17.2 Å². The van der Waals surface area contributed by atoms with Crippen molar-refractivity contribution in [2.75, 3.05) is 6.79 Å². The minimum absolute atomic E-state index is 0.176. The van der Waals surface area contributed by atoms with Crippen molar-refractivity contribution in [3.63, 3.8) is 0 Å². The van der Waals surface area contributed by atoms with Gasteiger partial charge in [-0.05, 0) is 23.8 Å². The van der Waals surface area contributed by atoms with Crippen molar-refractivity contribution in [2.45, 2.75) is 18.6 Å². The van der Waals surface area contributed by atoms with E-state index in [1.165, 1.54) is 12.1 Å². The van der Waals surface area contributed by atoms with Crippen LogP contribution in [-0.2, 0) is 0 Å². The largest absolute Gasteiger partial charge is 0.485 e. The van der Waals surface area contributed by atoms with Gasteiger partial charge in [-0.2, -0.15) is 0 Å². The predicted octanol–water partition coefficient (Wildman–Crippen LogP) is 3.08. The zero-order chi connectivity index (χ0) is 14.4. The maximum absolute atomic E-state index is 13.4. The molecule has 0 fully saturated rings. The van der Waals surface area contributed by atoms with Gasteiger partial charge >= 0.3 is 0 Å². The van der Waals surface area contributed by atoms with Crippen LogP contribution in [-0.4, -0.2) is 6.79 Å². The standard InChI is InChI=1S/C16H14FNO3/c17-10-2-3-11-12(18)7-14(21-15(11)6-10)9-1-4-13-16(5-9)20-8-19-13/h1-6,12,14H,7-8,18H2/t12-,14?/m0/s1. The van der Waals surface area contributed by atoms with Crippen molar-refractivity contribution in [1.82, 2.24) is 0 Å². The zero-order valence-corrected chi connectivity index (χ0v) is 11.2. The maximum atomic E-state index is 13.4. The Balaban J connectivity index is 1.68. The number of benzene rings is 2. The Kier molecular flexibility index (Phi) is 2.75. The summed E-state index contributed by atoms with van der Waals surface area (Å²) in [6, 6.07) is 9.97. The van der Waals surface area contributed by atoms with Crippen LogP contribution in [0, 0.1) is 5.82 Å². The summed E-state index contributed by atoms with van der Waals surface area (Å²) in [6.07, 6.45) is 0.418. The molecule has 5 heteroatoms. The summed E-state index contributed by atoms with van der Waals surface area (Å²) in [5.41, 5.74) is 7.97. The second kappa shape index (κ2) is 4.63. The fraction of sp³-hybridized carbons (Fsp3) is 0.250. The van der Waals surface area contributed by atoms with Gasteiger partial charge in [-0.25, -0.2) is 4.39 Å². The Labute approximate surface area is 121 Å². The maximum Gasteiger partial charge on any atom is 0.231 e. The first kappa shape index (κ1) is 12.5. The average Bonchev–Trinajstić information content (AvgIpc) is 2.94. The number of hydrogen-bond acceptors (Lipinski definition) is 4. The molecule has 21 heavy (non-hydrogen) atoms. The number of rotatable bonds is 1. The molecule has 108 valence electrons. The van der Waals surface area contributed by atoms with Gasteiger partial charge in [-0.3, -0.25) is 0 Å². The zero-order valence-electron chi connectivity index (χ0n) is 11.2. The Bertz CT molecular complexity index is 704. The molecule has 0 saturated carbocycles. The third-order valence-electron chi connectivity index (χ3n) is 3.88. The van der Waals surface area contributed by atoms with E-state index in [2.05, 4.69) is 0 Å². The lowest BCUT2D eigenvalue weighted by molar-refractivity contribution is 0.159. The first-order valence-electron chi connectivity index (χ1n) is 6.82. The van der Waals surface area contributed by atoms with E-state index in [0.717, 1.165) is 16.9 Å². The summed E-state index contributed by atoms with van der Waals surface area (Å²) >= 11 is 0. The van der Waals surface area contributed by atoms with E-state index in [1.54, 1.807) is 6.07 Å². The molecule has 4 nitrogen and oxygen atoms in total. The number of nitrogens with two attached hydrogens (primary N) is 1. The van der Waals surface area contributed by atoms with Crippen LogP contribution < -0.4 is 19.9 Å². The van der Waals surface area contributed by atoms with Crippen LogP contribution in [0.1, 0.15) is 29.7 Å². The third-order valence-corrected chi connectivity index (χ3v) is 3.88. The monoisotopic (exact) mass is 287 g/mol. The van der Waals surface area contributed by atoms with Crippen LogP contribution >= 0.6 is 0 Å². The third kappa shape index (κ3) is 2.10. The molecule has 0 aliphatic carbocycles. The van der Waals surface area contributed by atoms with Gasteiger partial charge in [0.05, 0.1) is 0 Å². The molecule has 1 unspecified atom stereocenters. The van der Waals surface area contributed by atoms with Crippen molar-refractivity contribution in [2.24, 2.45) is 5.73 Å². The van der Waals surface area contributed by atoms with Crippen molar-refractivity contribution in [3.8, 4) is 17.2 Å². The number of fused-ring (bicyclic) bond motifs is 2. The van der Waals surface area contributed by atoms with Crippen LogP contribution in [0.2, 0.25) is 0 Å². The minimum Gasteiger partial charge on any atom is -0.485 e. The Morgan fingerprint density at radius 1 is 1.00 bits per heavy atom. The van der Waals surface area contributed by atoms with Crippen LogP contribution in [0.4, 0.5) is 4.39 Å². The first-order chi connectivity index (χ1) is 10.2. The second-order valence-electron chi connectivity index (χ2n) is 5.24. The van der Waals surface area contributed by atoms with Gasteiger partial charge in [-0.15, -0.1) is 0 Å². The fourth-order valence-corrected chi connectivity index (χ4v) is 2.79. The number of ether oxygens (including phenoxy) is 3. The highest BCUT2D eigenvalue weighted by molar-refractivity contribution is 5.46. The summed E-state index contributed by atoms with van der Waals surface area (Å²) in [7, 11) is 0. The van der Waals surface area contributed by atoms with Gasteiger partial charge in [0, 0.05) is 24.1 Å². The van der Waals surface area contributed by atoms with Gasteiger partial charge in [0.1, 0.15) is 17.7 Å². The average molecular weight is 287 g/mol. The molecule has 0 radical (unpaired) electrons. The van der Waals surface area contributed by atoms with E-state index in [9.17, 15) is 4.39 Å². The van der Waals surface area contributed by atoms with Crippen molar-refractivity contribution in [3.05, 3.63) is 53.3 Å². The van der Waals surface area contributed by atoms with E-state index >= 15 is 0 Å². The highest BCUT2D eigenvalue weighted by Gasteiger charge is 2.28. The van der Waals surface area contributed by atoms with E-state index in [-0.39, 0.29) is 24.8 Å². The van der Waals surface area contributed by atoms with Gasteiger partial charge < -0.3 is 19.9 Å². The Morgan fingerprint density at radius 2 is 1.86 bits per heavy atom. The molecule has 2 aliphatic rings. The summed E-state index contributed by atoms with van der Waals surface area (Å²) in [5, 5.41) is 0. The molecule has 2 aliphatic heterocycles. The molecule has 0 spiro atoms. The lowest BCUT2D eigenvalue weighted by Gasteiger charge is -2.30. The molecule has 2 atom stereocenters. The summed E-state index contributed by atoms with van der Waals surface area (Å²) in [4.78, 5) is 0. The predicted molar refractivity (Wildman–Crippen MR) is 73.9 cm³/mol. The van der Waals surface area contributed by atoms with E-state index in [1.807, 2.05) is 18.2 Å². The van der Waals surface area contributed by atoms with E-state index in [0.29, 0.717) is 17.9 Å². The fourth-order valence-electron chi connectivity index (χ4n) is 2.79. The Morgan fingerprint density at radius 3 is 2.76 bits per heavy atom. The molecule has 0 bridgehead atoms. The molecular formula is C16H14FNO3. The lowest BCUT2D eigenvalue weighted by atomic mass is 9.93. The van der Waals surface area contributed by atoms with Gasteiger partial charge in [0.2, 0.25) is 6.79 Å². The quantitative estimate of drug-likeness (QED) is 0.875. The topological polar surface area (TPSA) is 53.7 Å². The van der Waals surface area contributed by atoms with Crippen molar-refractivity contribution >= 4 is 0 Å². The molecule has 2 heterocycles. The molecular weight excluding hydrogens is 273 g/mol. The van der Waals surface area contributed by atoms with E-state index < -0.39 is 0 Å². The summed E-state index contributed by atoms with van der Waals surface area (Å²) in [6.45, 7) is 0.234. The smallest absolute Gasteiger partial charge is 0.231 e. The first-order valence-corrected chi connectivity index (χ1v) is 6.82. The molecule has 2 aromatic rings. The van der Waals surface area contributed by atoms with E-state index in [4.69, 9.17) is 19.9 Å².